The maximum Gasteiger partial charge on any atom is 0.122 e. The molecule has 0 bridgehead atoms. The SMILES string of the molecule is CC(CO)(CCCOc1ccccc1CCO)NC1CC1. The van der Waals surface area contributed by atoms with Crippen LogP contribution in [0.15, 0.2) is 24.3 Å². The lowest BCUT2D eigenvalue weighted by atomic mass is 9.97. The maximum absolute atomic E-state index is 9.56. The molecule has 2 rings (SSSR count). The van der Waals surface area contributed by atoms with Gasteiger partial charge in [0.05, 0.1) is 13.2 Å². The first kappa shape index (κ1) is 16.3. The van der Waals surface area contributed by atoms with Crippen molar-refractivity contribution in [3.05, 3.63) is 29.8 Å². The van der Waals surface area contributed by atoms with Crippen LogP contribution in [-0.4, -0.2) is 41.6 Å². The molecule has 1 aliphatic carbocycles. The van der Waals surface area contributed by atoms with Crippen molar-refractivity contribution in [2.75, 3.05) is 19.8 Å². The number of ether oxygens (including phenoxy) is 1. The minimum atomic E-state index is -0.199. The standard InChI is InChI=1S/C17H27NO3/c1-17(13-20,18-15-7-8-15)10-4-12-21-16-6-3-2-5-14(16)9-11-19/h2-3,5-6,15,18-20H,4,7-13H2,1H3. The second-order valence-corrected chi connectivity index (χ2v) is 6.17. The van der Waals surface area contributed by atoms with Gasteiger partial charge in [-0.05, 0) is 50.7 Å². The van der Waals surface area contributed by atoms with Crippen molar-refractivity contribution >= 4 is 0 Å². The van der Waals surface area contributed by atoms with E-state index in [9.17, 15) is 5.11 Å². The Bertz CT molecular complexity index is 434. The number of aliphatic hydroxyl groups excluding tert-OH is 2. The minimum Gasteiger partial charge on any atom is -0.493 e. The number of aliphatic hydroxyl groups is 2. The largest absolute Gasteiger partial charge is 0.493 e. The number of hydrogen-bond acceptors (Lipinski definition) is 4. The van der Waals surface area contributed by atoms with Gasteiger partial charge in [-0.25, -0.2) is 0 Å². The summed E-state index contributed by atoms with van der Waals surface area (Å²) in [5, 5.41) is 22.1. The van der Waals surface area contributed by atoms with Crippen LogP contribution in [0.4, 0.5) is 0 Å². The number of benzene rings is 1. The van der Waals surface area contributed by atoms with E-state index in [1.807, 2.05) is 24.3 Å². The molecule has 0 radical (unpaired) electrons. The average Bonchev–Trinajstić information content (AvgIpc) is 3.29. The highest BCUT2D eigenvalue weighted by Crippen LogP contribution is 2.25. The number of para-hydroxylation sites is 1. The molecule has 1 unspecified atom stereocenters. The lowest BCUT2D eigenvalue weighted by Crippen LogP contribution is -2.47. The molecule has 1 aromatic rings. The highest BCUT2D eigenvalue weighted by Gasteiger charge is 2.31. The Morgan fingerprint density at radius 2 is 2.05 bits per heavy atom. The van der Waals surface area contributed by atoms with E-state index in [0.717, 1.165) is 24.2 Å². The Hall–Kier alpha value is -1.10. The fourth-order valence-corrected chi connectivity index (χ4v) is 2.53. The van der Waals surface area contributed by atoms with Crippen LogP contribution in [0.5, 0.6) is 5.75 Å². The van der Waals surface area contributed by atoms with E-state index < -0.39 is 0 Å². The van der Waals surface area contributed by atoms with Crippen LogP contribution in [0.1, 0.15) is 38.2 Å². The minimum absolute atomic E-state index is 0.133. The van der Waals surface area contributed by atoms with Crippen molar-refractivity contribution in [3.8, 4) is 5.75 Å². The van der Waals surface area contributed by atoms with E-state index in [-0.39, 0.29) is 18.8 Å². The van der Waals surface area contributed by atoms with Crippen LogP contribution in [0.25, 0.3) is 0 Å². The first-order valence-electron chi connectivity index (χ1n) is 7.87. The van der Waals surface area contributed by atoms with Gasteiger partial charge in [-0.3, -0.25) is 0 Å². The molecule has 4 heteroatoms. The van der Waals surface area contributed by atoms with E-state index in [2.05, 4.69) is 12.2 Å². The normalized spacial score (nSPS) is 17.5. The molecule has 0 spiro atoms. The summed E-state index contributed by atoms with van der Waals surface area (Å²) in [5.41, 5.74) is 0.843. The highest BCUT2D eigenvalue weighted by molar-refractivity contribution is 5.33. The summed E-state index contributed by atoms with van der Waals surface area (Å²) < 4.78 is 5.83. The van der Waals surface area contributed by atoms with E-state index in [1.54, 1.807) is 0 Å². The number of rotatable bonds is 10. The first-order chi connectivity index (χ1) is 10.2. The van der Waals surface area contributed by atoms with Crippen molar-refractivity contribution in [1.82, 2.24) is 5.32 Å². The maximum atomic E-state index is 9.56. The quantitative estimate of drug-likeness (QED) is 0.577. The molecule has 1 fully saturated rings. The molecular weight excluding hydrogens is 266 g/mol. The van der Waals surface area contributed by atoms with Crippen molar-refractivity contribution in [2.45, 2.75) is 50.6 Å². The highest BCUT2D eigenvalue weighted by atomic mass is 16.5. The summed E-state index contributed by atoms with van der Waals surface area (Å²) in [6.07, 6.45) is 4.85. The fourth-order valence-electron chi connectivity index (χ4n) is 2.53. The van der Waals surface area contributed by atoms with Gasteiger partial charge in [0.1, 0.15) is 5.75 Å². The molecule has 3 N–H and O–H groups in total. The van der Waals surface area contributed by atoms with Crippen LogP contribution in [0.3, 0.4) is 0 Å². The lowest BCUT2D eigenvalue weighted by molar-refractivity contribution is 0.154. The van der Waals surface area contributed by atoms with Crippen molar-refractivity contribution in [2.24, 2.45) is 0 Å². The Balaban J connectivity index is 1.75. The van der Waals surface area contributed by atoms with Gasteiger partial charge in [0.25, 0.3) is 0 Å². The van der Waals surface area contributed by atoms with Crippen molar-refractivity contribution in [3.63, 3.8) is 0 Å². The third-order valence-electron chi connectivity index (χ3n) is 3.96. The predicted molar refractivity (Wildman–Crippen MR) is 83.6 cm³/mol. The van der Waals surface area contributed by atoms with Gasteiger partial charge in [0.2, 0.25) is 0 Å². The van der Waals surface area contributed by atoms with Crippen LogP contribution < -0.4 is 10.1 Å². The Labute approximate surface area is 127 Å². The van der Waals surface area contributed by atoms with Gasteiger partial charge in [-0.15, -0.1) is 0 Å². The molecule has 4 nitrogen and oxygen atoms in total. The predicted octanol–water partition coefficient (Wildman–Crippen LogP) is 1.88. The van der Waals surface area contributed by atoms with Crippen LogP contribution in [0, 0.1) is 0 Å². The van der Waals surface area contributed by atoms with E-state index in [4.69, 9.17) is 9.84 Å². The number of nitrogens with one attached hydrogen (secondary N) is 1. The van der Waals surface area contributed by atoms with E-state index >= 15 is 0 Å². The van der Waals surface area contributed by atoms with Crippen molar-refractivity contribution in [1.29, 1.82) is 0 Å². The molecule has 0 aromatic heterocycles. The molecule has 0 aliphatic heterocycles. The third kappa shape index (κ3) is 5.30. The summed E-state index contributed by atoms with van der Waals surface area (Å²) in [5.74, 6) is 0.854. The zero-order chi connectivity index (χ0) is 15.1. The number of hydrogen-bond donors (Lipinski definition) is 3. The summed E-state index contributed by atoms with van der Waals surface area (Å²) in [6, 6.07) is 8.42. The zero-order valence-corrected chi connectivity index (χ0v) is 12.8. The molecule has 0 heterocycles. The molecule has 1 aliphatic rings. The molecular formula is C17H27NO3. The smallest absolute Gasteiger partial charge is 0.122 e. The third-order valence-corrected chi connectivity index (χ3v) is 3.96. The van der Waals surface area contributed by atoms with Gasteiger partial charge >= 0.3 is 0 Å². The van der Waals surface area contributed by atoms with Gasteiger partial charge in [0, 0.05) is 18.2 Å². The zero-order valence-electron chi connectivity index (χ0n) is 12.8. The fraction of sp³-hybridized carbons (Fsp3) is 0.647. The summed E-state index contributed by atoms with van der Waals surface area (Å²) in [7, 11) is 0. The van der Waals surface area contributed by atoms with E-state index in [1.165, 1.54) is 12.8 Å². The molecule has 0 saturated heterocycles. The van der Waals surface area contributed by atoms with Crippen LogP contribution in [-0.2, 0) is 6.42 Å². The van der Waals surface area contributed by atoms with Gasteiger partial charge < -0.3 is 20.3 Å². The van der Waals surface area contributed by atoms with E-state index in [0.29, 0.717) is 19.1 Å². The molecule has 1 aromatic carbocycles. The van der Waals surface area contributed by atoms with Crippen LogP contribution >= 0.6 is 0 Å². The van der Waals surface area contributed by atoms with Crippen molar-refractivity contribution < 1.29 is 14.9 Å². The average molecular weight is 293 g/mol. The molecule has 1 atom stereocenters. The molecule has 21 heavy (non-hydrogen) atoms. The second-order valence-electron chi connectivity index (χ2n) is 6.17. The topological polar surface area (TPSA) is 61.7 Å². The molecule has 118 valence electrons. The van der Waals surface area contributed by atoms with Crippen LogP contribution in [0.2, 0.25) is 0 Å². The Morgan fingerprint density at radius 3 is 2.71 bits per heavy atom. The van der Waals surface area contributed by atoms with Gasteiger partial charge in [-0.1, -0.05) is 18.2 Å². The lowest BCUT2D eigenvalue weighted by Gasteiger charge is -2.29. The summed E-state index contributed by atoms with van der Waals surface area (Å²) >= 11 is 0. The summed E-state index contributed by atoms with van der Waals surface area (Å²) in [4.78, 5) is 0. The first-order valence-corrected chi connectivity index (χ1v) is 7.87. The summed E-state index contributed by atoms with van der Waals surface area (Å²) in [6.45, 7) is 2.99. The molecule has 0 amide bonds. The van der Waals surface area contributed by atoms with Gasteiger partial charge in [0.15, 0.2) is 0 Å². The monoisotopic (exact) mass is 293 g/mol. The Morgan fingerprint density at radius 1 is 1.29 bits per heavy atom. The molecule has 1 saturated carbocycles. The van der Waals surface area contributed by atoms with Gasteiger partial charge in [-0.2, -0.15) is 0 Å². The second kappa shape index (κ2) is 7.78. The Kier molecular flexibility index (Phi) is 6.03.